The van der Waals surface area contributed by atoms with Gasteiger partial charge in [-0.1, -0.05) is 74.3 Å². The van der Waals surface area contributed by atoms with E-state index in [1.54, 1.807) is 24.3 Å². The summed E-state index contributed by atoms with van der Waals surface area (Å²) >= 11 is 6.39. The van der Waals surface area contributed by atoms with Crippen molar-refractivity contribution < 1.29 is 22.7 Å². The molecule has 0 aliphatic carbocycles. The molecule has 0 saturated carbocycles. The molecule has 2 amide bonds. The summed E-state index contributed by atoms with van der Waals surface area (Å²) in [5, 5.41) is 3.14. The third-order valence-electron chi connectivity index (χ3n) is 6.98. The number of nitrogens with zero attached hydrogens (tertiary/aromatic N) is 2. The largest absolute Gasteiger partial charge is 0.495 e. The maximum atomic E-state index is 14.2. The minimum atomic E-state index is -4.21. The second-order valence-electron chi connectivity index (χ2n) is 10.7. The molecule has 0 saturated heterocycles. The minimum Gasteiger partial charge on any atom is -0.495 e. The van der Waals surface area contributed by atoms with E-state index < -0.39 is 28.5 Å². The summed E-state index contributed by atoms with van der Waals surface area (Å²) in [4.78, 5) is 29.1. The molecule has 0 aromatic heterocycles. The summed E-state index contributed by atoms with van der Waals surface area (Å²) in [5.41, 5.74) is 2.91. The van der Waals surface area contributed by atoms with Crippen molar-refractivity contribution in [2.45, 2.75) is 58.5 Å². The van der Waals surface area contributed by atoms with Crippen molar-refractivity contribution in [3.05, 3.63) is 88.4 Å². The predicted octanol–water partition coefficient (Wildman–Crippen LogP) is 5.74. The number of carbonyl (C=O) groups excluding carboxylic acids is 2. The van der Waals surface area contributed by atoms with Crippen LogP contribution < -0.4 is 14.4 Å². The fourth-order valence-electron chi connectivity index (χ4n) is 4.49. The van der Waals surface area contributed by atoms with Gasteiger partial charge in [-0.15, -0.1) is 0 Å². The standard InChI is InChI=1S/C32H40ClN3O5S/c1-7-29(32(38)34-19-22(2)3)35(20-25-11-9-8-10-24(25)5)31(37)21-36(26-14-17-30(41-6)28(33)18-26)42(39,40)27-15-12-23(4)13-16-27/h8-18,22,29H,7,19-21H2,1-6H3,(H,34,38)/t29-/m0/s1. The lowest BCUT2D eigenvalue weighted by Crippen LogP contribution is -2.52. The topological polar surface area (TPSA) is 96.0 Å². The van der Waals surface area contributed by atoms with Crippen molar-refractivity contribution in [2.75, 3.05) is 24.5 Å². The lowest BCUT2D eigenvalue weighted by Gasteiger charge is -2.33. The quantitative estimate of drug-likeness (QED) is 0.265. The monoisotopic (exact) mass is 613 g/mol. The first-order valence-corrected chi connectivity index (χ1v) is 15.7. The Balaban J connectivity index is 2.09. The van der Waals surface area contributed by atoms with Crippen molar-refractivity contribution in [1.82, 2.24) is 10.2 Å². The summed E-state index contributed by atoms with van der Waals surface area (Å²) in [6, 6.07) is 17.8. The van der Waals surface area contributed by atoms with Gasteiger partial charge in [0.2, 0.25) is 11.8 Å². The van der Waals surface area contributed by atoms with Gasteiger partial charge in [-0.3, -0.25) is 13.9 Å². The maximum Gasteiger partial charge on any atom is 0.264 e. The van der Waals surface area contributed by atoms with Crippen LogP contribution in [0.1, 0.15) is 43.9 Å². The summed E-state index contributed by atoms with van der Waals surface area (Å²) in [7, 11) is -2.74. The molecule has 0 unspecified atom stereocenters. The van der Waals surface area contributed by atoms with Crippen LogP contribution in [0, 0.1) is 19.8 Å². The van der Waals surface area contributed by atoms with Gasteiger partial charge in [0.15, 0.2) is 0 Å². The first kappa shape index (κ1) is 32.9. The number of nitrogens with one attached hydrogen (secondary N) is 1. The highest BCUT2D eigenvalue weighted by Gasteiger charge is 2.34. The molecule has 0 aliphatic heterocycles. The Bertz CT molecular complexity index is 1490. The summed E-state index contributed by atoms with van der Waals surface area (Å²) in [6.07, 6.45) is 0.348. The van der Waals surface area contributed by atoms with E-state index in [1.165, 1.54) is 30.2 Å². The summed E-state index contributed by atoms with van der Waals surface area (Å²) in [6.45, 7) is 9.67. The Kier molecular flexibility index (Phi) is 11.4. The molecule has 8 nitrogen and oxygen atoms in total. The molecule has 0 radical (unpaired) electrons. The molecular formula is C32H40ClN3O5S. The summed E-state index contributed by atoms with van der Waals surface area (Å²) < 4.78 is 34.4. The minimum absolute atomic E-state index is 0.0278. The van der Waals surface area contributed by atoms with E-state index in [0.29, 0.717) is 18.7 Å². The van der Waals surface area contributed by atoms with Gasteiger partial charge in [0.05, 0.1) is 22.7 Å². The molecule has 0 heterocycles. The van der Waals surface area contributed by atoms with E-state index in [4.69, 9.17) is 16.3 Å². The van der Waals surface area contributed by atoms with Crippen LogP contribution in [0.15, 0.2) is 71.6 Å². The fraction of sp³-hybridized carbons (Fsp3) is 0.375. The van der Waals surface area contributed by atoms with Crippen LogP contribution >= 0.6 is 11.6 Å². The molecule has 226 valence electrons. The molecule has 10 heteroatoms. The number of sulfonamides is 1. The highest BCUT2D eigenvalue weighted by Crippen LogP contribution is 2.32. The van der Waals surface area contributed by atoms with Gasteiger partial charge in [-0.25, -0.2) is 8.42 Å². The van der Waals surface area contributed by atoms with E-state index in [0.717, 1.165) is 21.0 Å². The Morgan fingerprint density at radius 2 is 1.67 bits per heavy atom. The number of ether oxygens (including phenoxy) is 1. The number of amides is 2. The molecule has 3 rings (SSSR count). The molecule has 0 bridgehead atoms. The number of hydrogen-bond acceptors (Lipinski definition) is 5. The third-order valence-corrected chi connectivity index (χ3v) is 9.07. The maximum absolute atomic E-state index is 14.2. The highest BCUT2D eigenvalue weighted by molar-refractivity contribution is 7.92. The number of carbonyl (C=O) groups is 2. The van der Waals surface area contributed by atoms with E-state index >= 15 is 0 Å². The average molecular weight is 614 g/mol. The van der Waals surface area contributed by atoms with Crippen molar-refractivity contribution in [1.29, 1.82) is 0 Å². The second-order valence-corrected chi connectivity index (χ2v) is 12.9. The zero-order valence-electron chi connectivity index (χ0n) is 25.1. The lowest BCUT2D eigenvalue weighted by molar-refractivity contribution is -0.140. The number of rotatable bonds is 13. The van der Waals surface area contributed by atoms with Gasteiger partial charge in [0.1, 0.15) is 18.3 Å². The van der Waals surface area contributed by atoms with Gasteiger partial charge in [-0.05, 0) is 67.6 Å². The van der Waals surface area contributed by atoms with Gasteiger partial charge >= 0.3 is 0 Å². The first-order chi connectivity index (χ1) is 19.9. The number of aryl methyl sites for hydroxylation is 2. The zero-order chi connectivity index (χ0) is 31.0. The Hall–Kier alpha value is -3.56. The second kappa shape index (κ2) is 14.6. The van der Waals surface area contributed by atoms with Crippen LogP contribution in [0.2, 0.25) is 5.02 Å². The van der Waals surface area contributed by atoms with Gasteiger partial charge in [0.25, 0.3) is 10.0 Å². The number of methoxy groups -OCH3 is 1. The van der Waals surface area contributed by atoms with E-state index in [-0.39, 0.29) is 34.0 Å². The van der Waals surface area contributed by atoms with Crippen LogP contribution in [0.3, 0.4) is 0 Å². The number of halogens is 1. The smallest absolute Gasteiger partial charge is 0.264 e. The van der Waals surface area contributed by atoms with Gasteiger partial charge < -0.3 is 15.0 Å². The van der Waals surface area contributed by atoms with E-state index in [2.05, 4.69) is 5.32 Å². The van der Waals surface area contributed by atoms with E-state index in [1.807, 2.05) is 58.9 Å². The molecule has 3 aromatic carbocycles. The Labute approximate surface area is 254 Å². The molecule has 0 spiro atoms. The first-order valence-electron chi connectivity index (χ1n) is 13.9. The van der Waals surface area contributed by atoms with Crippen LogP contribution in [0.5, 0.6) is 5.75 Å². The fourth-order valence-corrected chi connectivity index (χ4v) is 6.15. The normalized spacial score (nSPS) is 12.1. The molecule has 0 aliphatic rings. The van der Waals surface area contributed by atoms with Crippen LogP contribution in [-0.2, 0) is 26.2 Å². The van der Waals surface area contributed by atoms with Gasteiger partial charge in [0, 0.05) is 13.1 Å². The zero-order valence-corrected chi connectivity index (χ0v) is 26.6. The van der Waals surface area contributed by atoms with Crippen molar-refractivity contribution in [3.63, 3.8) is 0 Å². The van der Waals surface area contributed by atoms with Crippen molar-refractivity contribution in [3.8, 4) is 5.75 Å². The SMILES string of the molecule is CC[C@@H](C(=O)NCC(C)C)N(Cc1ccccc1C)C(=O)CN(c1ccc(OC)c(Cl)c1)S(=O)(=O)c1ccc(C)cc1. The van der Waals surface area contributed by atoms with Crippen molar-refractivity contribution in [2.24, 2.45) is 5.92 Å². The van der Waals surface area contributed by atoms with Crippen molar-refractivity contribution >= 4 is 39.1 Å². The molecule has 3 aromatic rings. The molecular weight excluding hydrogens is 574 g/mol. The van der Waals surface area contributed by atoms with E-state index in [9.17, 15) is 18.0 Å². The molecule has 1 N–H and O–H groups in total. The highest BCUT2D eigenvalue weighted by atomic mass is 35.5. The number of benzene rings is 3. The number of hydrogen-bond donors (Lipinski definition) is 1. The van der Waals surface area contributed by atoms with Gasteiger partial charge in [-0.2, -0.15) is 0 Å². The predicted molar refractivity (Wildman–Crippen MR) is 167 cm³/mol. The van der Waals surface area contributed by atoms with Crippen LogP contribution in [0.25, 0.3) is 0 Å². The van der Waals surface area contributed by atoms with Crippen LogP contribution in [0.4, 0.5) is 5.69 Å². The summed E-state index contributed by atoms with van der Waals surface area (Å²) in [5.74, 6) is -0.212. The third kappa shape index (κ3) is 8.04. The average Bonchev–Trinajstić information content (AvgIpc) is 2.95. The molecule has 0 fully saturated rings. The Morgan fingerprint density at radius 3 is 2.24 bits per heavy atom. The Morgan fingerprint density at radius 1 is 1.00 bits per heavy atom. The number of anilines is 1. The van der Waals surface area contributed by atoms with Crippen LogP contribution in [-0.4, -0.2) is 51.4 Å². The molecule has 1 atom stereocenters. The molecule has 42 heavy (non-hydrogen) atoms. The lowest BCUT2D eigenvalue weighted by atomic mass is 10.1.